The third-order valence-corrected chi connectivity index (χ3v) is 4.22. The van der Waals surface area contributed by atoms with Crippen LogP contribution < -0.4 is 5.32 Å². The Labute approximate surface area is 143 Å². The normalized spacial score (nSPS) is 10.5. The number of hydrogen-bond acceptors (Lipinski definition) is 2. The molecule has 0 aliphatic heterocycles. The van der Waals surface area contributed by atoms with Crippen molar-refractivity contribution in [3.05, 3.63) is 70.8 Å². The van der Waals surface area contributed by atoms with E-state index in [1.807, 2.05) is 62.4 Å². The zero-order chi connectivity index (χ0) is 17.7. The summed E-state index contributed by atoms with van der Waals surface area (Å²) in [7, 11) is 1.62. The lowest BCUT2D eigenvalue weighted by molar-refractivity contribution is -0.133. The van der Waals surface area contributed by atoms with Crippen LogP contribution >= 0.6 is 0 Å². The molecule has 4 heteroatoms. The maximum atomic E-state index is 12.4. The van der Waals surface area contributed by atoms with Gasteiger partial charge in [-0.3, -0.25) is 9.59 Å². The molecule has 2 aromatic rings. The van der Waals surface area contributed by atoms with Gasteiger partial charge in [-0.05, 0) is 36.1 Å². The second kappa shape index (κ2) is 7.77. The summed E-state index contributed by atoms with van der Waals surface area (Å²) in [6, 6.07) is 15.8. The summed E-state index contributed by atoms with van der Waals surface area (Å²) in [6.45, 7) is 5.57. The van der Waals surface area contributed by atoms with Crippen molar-refractivity contribution >= 4 is 11.8 Å². The number of nitrogens with one attached hydrogen (secondary N) is 1. The van der Waals surface area contributed by atoms with Crippen molar-refractivity contribution in [2.24, 2.45) is 0 Å². The largest absolute Gasteiger partial charge is 0.344 e. The lowest BCUT2D eigenvalue weighted by Gasteiger charge is -2.24. The Bertz CT molecular complexity index is 694. The van der Waals surface area contributed by atoms with Gasteiger partial charge in [-0.15, -0.1) is 0 Å². The molecule has 24 heavy (non-hydrogen) atoms. The van der Waals surface area contributed by atoms with Gasteiger partial charge in [-0.2, -0.15) is 0 Å². The maximum Gasteiger partial charge on any atom is 0.240 e. The first kappa shape index (κ1) is 17.7. The zero-order valence-corrected chi connectivity index (χ0v) is 14.7. The number of benzene rings is 2. The Balaban J connectivity index is 2.34. The molecule has 126 valence electrons. The fourth-order valence-electron chi connectivity index (χ4n) is 2.68. The van der Waals surface area contributed by atoms with Gasteiger partial charge in [-0.1, -0.05) is 48.5 Å². The van der Waals surface area contributed by atoms with Crippen LogP contribution in [0.15, 0.2) is 48.5 Å². The van der Waals surface area contributed by atoms with Crippen LogP contribution in [0.5, 0.6) is 0 Å². The smallest absolute Gasteiger partial charge is 0.240 e. The van der Waals surface area contributed by atoms with Gasteiger partial charge in [0, 0.05) is 14.0 Å². The molecule has 4 nitrogen and oxygen atoms in total. The van der Waals surface area contributed by atoms with Crippen molar-refractivity contribution in [3.8, 4) is 0 Å². The molecule has 0 atom stereocenters. The van der Waals surface area contributed by atoms with Crippen LogP contribution in [0.25, 0.3) is 0 Å². The first-order valence-corrected chi connectivity index (χ1v) is 8.02. The van der Waals surface area contributed by atoms with Crippen molar-refractivity contribution in [1.29, 1.82) is 0 Å². The summed E-state index contributed by atoms with van der Waals surface area (Å²) in [5, 5.41) is 3.08. The molecule has 1 N–H and O–H groups in total. The highest BCUT2D eigenvalue weighted by molar-refractivity contribution is 5.84. The van der Waals surface area contributed by atoms with E-state index >= 15 is 0 Å². The molecule has 0 heterocycles. The second-order valence-electron chi connectivity index (χ2n) is 6.09. The molecule has 0 spiro atoms. The van der Waals surface area contributed by atoms with Gasteiger partial charge in [0.15, 0.2) is 0 Å². The first-order valence-electron chi connectivity index (χ1n) is 8.02. The average molecular weight is 324 g/mol. The Hall–Kier alpha value is -2.62. The number of likely N-dealkylation sites (N-methyl/N-ethyl adjacent to an activating group) is 1. The van der Waals surface area contributed by atoms with E-state index in [9.17, 15) is 9.59 Å². The predicted molar refractivity (Wildman–Crippen MR) is 95.7 cm³/mol. The van der Waals surface area contributed by atoms with Crippen LogP contribution in [-0.4, -0.2) is 30.3 Å². The quantitative estimate of drug-likeness (QED) is 0.919. The van der Waals surface area contributed by atoms with Gasteiger partial charge < -0.3 is 10.2 Å². The van der Waals surface area contributed by atoms with Crippen molar-refractivity contribution in [1.82, 2.24) is 10.2 Å². The molecule has 0 fully saturated rings. The first-order chi connectivity index (χ1) is 11.4. The third-order valence-electron chi connectivity index (χ3n) is 4.22. The van der Waals surface area contributed by atoms with Crippen LogP contribution in [0.3, 0.4) is 0 Å². The van der Waals surface area contributed by atoms with Crippen molar-refractivity contribution in [3.63, 3.8) is 0 Å². The van der Waals surface area contributed by atoms with Crippen LogP contribution in [0.4, 0.5) is 0 Å². The van der Waals surface area contributed by atoms with Crippen molar-refractivity contribution in [2.75, 3.05) is 13.6 Å². The molecular weight excluding hydrogens is 300 g/mol. The molecule has 0 saturated carbocycles. The SMILES string of the molecule is CC(=O)N(C)CC(=O)NC(c1ccccc1C)c1ccccc1C. The van der Waals surface area contributed by atoms with E-state index < -0.39 is 0 Å². The average Bonchev–Trinajstić information content (AvgIpc) is 2.54. The molecule has 0 bridgehead atoms. The van der Waals surface area contributed by atoms with Gasteiger partial charge in [0.25, 0.3) is 0 Å². The molecule has 0 unspecified atom stereocenters. The molecule has 2 rings (SSSR count). The molecule has 2 aromatic carbocycles. The number of carbonyl (C=O) groups excluding carboxylic acids is 2. The minimum absolute atomic E-state index is 0.0452. The van der Waals surface area contributed by atoms with Crippen molar-refractivity contribution in [2.45, 2.75) is 26.8 Å². The minimum Gasteiger partial charge on any atom is -0.344 e. The molecule has 0 aromatic heterocycles. The van der Waals surface area contributed by atoms with Gasteiger partial charge in [0.05, 0.1) is 12.6 Å². The van der Waals surface area contributed by atoms with E-state index in [0.29, 0.717) is 0 Å². The highest BCUT2D eigenvalue weighted by atomic mass is 16.2. The summed E-state index contributed by atoms with van der Waals surface area (Å²) < 4.78 is 0. The Kier molecular flexibility index (Phi) is 5.74. The molecule has 0 aliphatic rings. The summed E-state index contributed by atoms with van der Waals surface area (Å²) in [5.41, 5.74) is 4.35. The van der Waals surface area contributed by atoms with Gasteiger partial charge in [-0.25, -0.2) is 0 Å². The van der Waals surface area contributed by atoms with E-state index in [1.54, 1.807) is 7.05 Å². The van der Waals surface area contributed by atoms with Crippen molar-refractivity contribution < 1.29 is 9.59 Å². The number of hydrogen-bond donors (Lipinski definition) is 1. The lowest BCUT2D eigenvalue weighted by Crippen LogP contribution is -2.39. The second-order valence-corrected chi connectivity index (χ2v) is 6.09. The third kappa shape index (κ3) is 4.22. The number of rotatable bonds is 5. The monoisotopic (exact) mass is 324 g/mol. The maximum absolute atomic E-state index is 12.4. The number of aryl methyl sites for hydroxylation is 2. The number of nitrogens with zero attached hydrogens (tertiary/aromatic N) is 1. The van der Waals surface area contributed by atoms with E-state index in [-0.39, 0.29) is 24.4 Å². The molecular formula is C20H24N2O2. The summed E-state index contributed by atoms with van der Waals surface area (Å²) in [6.07, 6.45) is 0. The number of amides is 2. The fourth-order valence-corrected chi connectivity index (χ4v) is 2.68. The Morgan fingerprint density at radius 3 is 1.83 bits per heavy atom. The van der Waals surface area contributed by atoms with Gasteiger partial charge >= 0.3 is 0 Å². The number of carbonyl (C=O) groups is 2. The standard InChI is InChI=1S/C20H24N2O2/c1-14-9-5-7-11-17(14)20(18-12-8-6-10-15(18)2)21-19(24)13-22(4)16(3)23/h5-12,20H,13H2,1-4H3,(H,21,24). The topological polar surface area (TPSA) is 49.4 Å². The van der Waals surface area contributed by atoms with Crippen LogP contribution in [-0.2, 0) is 9.59 Å². The summed E-state index contributed by atoms with van der Waals surface area (Å²) >= 11 is 0. The van der Waals surface area contributed by atoms with Crippen LogP contribution in [0.1, 0.15) is 35.2 Å². The predicted octanol–water partition coefficient (Wildman–Crippen LogP) is 2.99. The molecule has 0 saturated heterocycles. The summed E-state index contributed by atoms with van der Waals surface area (Å²) in [4.78, 5) is 25.2. The van der Waals surface area contributed by atoms with Crippen LogP contribution in [0, 0.1) is 13.8 Å². The summed E-state index contributed by atoms with van der Waals surface area (Å²) in [5.74, 6) is -0.308. The van der Waals surface area contributed by atoms with Gasteiger partial charge in [0.2, 0.25) is 11.8 Å². The zero-order valence-electron chi connectivity index (χ0n) is 14.7. The fraction of sp³-hybridized carbons (Fsp3) is 0.300. The van der Waals surface area contributed by atoms with E-state index in [1.165, 1.54) is 11.8 Å². The highest BCUT2D eigenvalue weighted by Crippen LogP contribution is 2.27. The minimum atomic E-state index is -0.236. The Morgan fingerprint density at radius 2 is 1.42 bits per heavy atom. The highest BCUT2D eigenvalue weighted by Gasteiger charge is 2.21. The lowest BCUT2D eigenvalue weighted by atomic mass is 9.92. The molecule has 2 amide bonds. The molecule has 0 radical (unpaired) electrons. The molecule has 0 aliphatic carbocycles. The Morgan fingerprint density at radius 1 is 0.958 bits per heavy atom. The van der Waals surface area contributed by atoms with Crippen LogP contribution in [0.2, 0.25) is 0 Å². The van der Waals surface area contributed by atoms with E-state index in [0.717, 1.165) is 22.3 Å². The van der Waals surface area contributed by atoms with E-state index in [2.05, 4.69) is 5.32 Å². The van der Waals surface area contributed by atoms with Gasteiger partial charge in [0.1, 0.15) is 0 Å². The van der Waals surface area contributed by atoms with E-state index in [4.69, 9.17) is 0 Å².